The van der Waals surface area contributed by atoms with E-state index in [2.05, 4.69) is 4.52 Å². The van der Waals surface area contributed by atoms with Gasteiger partial charge < -0.3 is 15.6 Å². The van der Waals surface area contributed by atoms with Crippen molar-refractivity contribution in [2.24, 2.45) is 5.73 Å². The van der Waals surface area contributed by atoms with Gasteiger partial charge >= 0.3 is 21.0 Å². The Bertz CT molecular complexity index is 954. The summed E-state index contributed by atoms with van der Waals surface area (Å²) in [6, 6.07) is 8.26. The lowest BCUT2D eigenvalue weighted by molar-refractivity contribution is -0.139. The molecule has 0 heterocycles. The van der Waals surface area contributed by atoms with Crippen LogP contribution in [0.25, 0.3) is 0 Å². The molecular weight excluding hydrogens is 487 g/mol. The van der Waals surface area contributed by atoms with Crippen molar-refractivity contribution >= 4 is 8.69 Å². The molecule has 0 radical (unpaired) electrons. The van der Waals surface area contributed by atoms with E-state index in [0.29, 0.717) is 11.1 Å². The fourth-order valence-corrected chi connectivity index (χ4v) is 3.50. The first-order chi connectivity index (χ1) is 15.9. The van der Waals surface area contributed by atoms with Gasteiger partial charge in [-0.15, -0.1) is 0 Å². The van der Waals surface area contributed by atoms with Crippen LogP contribution in [0.15, 0.2) is 42.5 Å². The van der Waals surface area contributed by atoms with Gasteiger partial charge in [0, 0.05) is 0 Å². The Morgan fingerprint density at radius 1 is 0.941 bits per heavy atom. The van der Waals surface area contributed by atoms with Crippen molar-refractivity contribution in [3.8, 4) is 5.75 Å². The Kier molecular flexibility index (Phi) is 9.87. The molecule has 0 aliphatic rings. The van der Waals surface area contributed by atoms with Gasteiger partial charge in [0.2, 0.25) is 0 Å². The molecule has 0 bridgehead atoms. The van der Waals surface area contributed by atoms with Crippen LogP contribution in [0.5, 0.6) is 5.75 Å². The summed E-state index contributed by atoms with van der Waals surface area (Å²) in [7, 11) is -0.625. The van der Waals surface area contributed by atoms with Crippen LogP contribution in [0.2, 0.25) is 0 Å². The summed E-state index contributed by atoms with van der Waals surface area (Å²) in [5.74, 6) is -0.394. The Labute approximate surface area is 194 Å². The Hall–Kier alpha value is -2.20. The highest BCUT2D eigenvalue weighted by Crippen LogP contribution is 2.37. The summed E-state index contributed by atoms with van der Waals surface area (Å²) < 4.78 is 99.4. The summed E-state index contributed by atoms with van der Waals surface area (Å²) in [6.07, 6.45) is -8.59. The number of aliphatic hydroxyl groups excluding tert-OH is 1. The summed E-state index contributed by atoms with van der Waals surface area (Å²) >= 11 is 0. The van der Waals surface area contributed by atoms with E-state index in [1.165, 1.54) is 24.3 Å². The fraction of sp³-hybridized carbons (Fsp3) is 0.455. The molecule has 0 aromatic heterocycles. The van der Waals surface area contributed by atoms with Gasteiger partial charge in [0.1, 0.15) is 5.75 Å². The van der Waals surface area contributed by atoms with E-state index >= 15 is 0 Å². The number of halogens is 6. The van der Waals surface area contributed by atoms with Crippen LogP contribution in [-0.4, -0.2) is 30.5 Å². The molecule has 0 fully saturated rings. The van der Waals surface area contributed by atoms with Crippen molar-refractivity contribution in [1.82, 2.24) is 0 Å². The van der Waals surface area contributed by atoms with Gasteiger partial charge in [-0.2, -0.15) is 26.3 Å². The molecule has 188 valence electrons. The number of ether oxygens (including phenoxy) is 1. The number of rotatable bonds is 12. The topological polar surface area (TPSA) is 81.8 Å². The van der Waals surface area contributed by atoms with Crippen LogP contribution in [-0.2, 0) is 34.3 Å². The van der Waals surface area contributed by atoms with Gasteiger partial charge in [-0.1, -0.05) is 24.3 Å². The zero-order valence-electron chi connectivity index (χ0n) is 18.0. The summed E-state index contributed by atoms with van der Waals surface area (Å²) in [5.41, 5.74) is 3.57. The average Bonchev–Trinajstić information content (AvgIpc) is 2.78. The van der Waals surface area contributed by atoms with Gasteiger partial charge in [0.05, 0.1) is 36.5 Å². The van der Waals surface area contributed by atoms with Crippen LogP contribution >= 0.6 is 8.69 Å². The lowest BCUT2D eigenvalue weighted by Gasteiger charge is -2.25. The molecule has 2 rings (SSSR count). The molecule has 0 aliphatic carbocycles. The number of aryl methyl sites for hydroxylation is 2. The molecule has 0 spiro atoms. The maximum Gasteiger partial charge on any atom is 0.419 e. The molecule has 5 nitrogen and oxygen atoms in total. The highest BCUT2D eigenvalue weighted by atomic mass is 31.1. The Morgan fingerprint density at radius 2 is 1.65 bits per heavy atom. The average molecular weight is 511 g/mol. The van der Waals surface area contributed by atoms with Gasteiger partial charge in [0.25, 0.3) is 0 Å². The molecule has 0 aliphatic heterocycles. The maximum atomic E-state index is 13.6. The summed E-state index contributed by atoms with van der Waals surface area (Å²) in [6.45, 7) is -0.879. The Morgan fingerprint density at radius 3 is 2.26 bits per heavy atom. The highest BCUT2D eigenvalue weighted by molar-refractivity contribution is 7.17. The largest absolute Gasteiger partial charge is 0.493 e. The number of alkyl halides is 6. The minimum absolute atomic E-state index is 0.0769. The van der Waals surface area contributed by atoms with E-state index in [0.717, 1.165) is 18.2 Å². The Balaban J connectivity index is 2.02. The van der Waals surface area contributed by atoms with Crippen molar-refractivity contribution < 1.29 is 45.3 Å². The summed E-state index contributed by atoms with van der Waals surface area (Å²) in [4.78, 5) is 0. The van der Waals surface area contributed by atoms with E-state index in [4.69, 9.17) is 10.5 Å². The first-order valence-corrected chi connectivity index (χ1v) is 10.9. The molecular formula is C22H24F6NO4P. The number of benzene rings is 2. The van der Waals surface area contributed by atoms with E-state index in [1.54, 1.807) is 0 Å². The van der Waals surface area contributed by atoms with Crippen molar-refractivity contribution in [1.29, 1.82) is 0 Å². The molecule has 1 unspecified atom stereocenters. The third kappa shape index (κ3) is 8.54. The van der Waals surface area contributed by atoms with Crippen LogP contribution in [0, 0.1) is 0 Å². The van der Waals surface area contributed by atoms with Crippen LogP contribution < -0.4 is 10.5 Å². The van der Waals surface area contributed by atoms with E-state index in [1.807, 2.05) is 0 Å². The second-order valence-electron chi connectivity index (χ2n) is 7.85. The van der Waals surface area contributed by atoms with Crippen LogP contribution in [0.3, 0.4) is 0 Å². The third-order valence-electron chi connectivity index (χ3n) is 5.10. The van der Waals surface area contributed by atoms with Crippen molar-refractivity contribution in [2.75, 3.05) is 19.8 Å². The molecule has 3 N–H and O–H groups in total. The first-order valence-electron chi connectivity index (χ1n) is 10.2. The SMILES string of the molecule is NC(CO)(CCc1ccc(OCCCc2cccc(C(F)(F)F)c2)c(C(F)(F)F)c1)COP=O. The van der Waals surface area contributed by atoms with Crippen LogP contribution in [0.1, 0.15) is 35.1 Å². The van der Waals surface area contributed by atoms with Crippen molar-refractivity contribution in [2.45, 2.75) is 43.6 Å². The van der Waals surface area contributed by atoms with Crippen LogP contribution in [0.4, 0.5) is 26.3 Å². The van der Waals surface area contributed by atoms with Crippen molar-refractivity contribution in [3.63, 3.8) is 0 Å². The minimum atomic E-state index is -4.70. The van der Waals surface area contributed by atoms with Gasteiger partial charge in [-0.25, -0.2) is 4.57 Å². The lowest BCUT2D eigenvalue weighted by Crippen LogP contribution is -2.47. The third-order valence-corrected chi connectivity index (χ3v) is 5.34. The van der Waals surface area contributed by atoms with Crippen molar-refractivity contribution in [3.05, 3.63) is 64.7 Å². The molecule has 0 saturated heterocycles. The van der Waals surface area contributed by atoms with Gasteiger partial charge in [-0.3, -0.25) is 4.52 Å². The lowest BCUT2D eigenvalue weighted by atomic mass is 9.93. The standard InChI is InChI=1S/C22H24F6NO4P/c23-21(24,25)17-5-1-3-15(11-17)4-2-10-32-19-7-6-16(12-18(19)22(26,27)28)8-9-20(29,13-30)14-33-34-31/h1,3,5-7,11-12,30H,2,4,8-10,13-14,29H2. The van der Waals surface area contributed by atoms with E-state index < -0.39 is 50.1 Å². The van der Waals surface area contributed by atoms with Gasteiger partial charge in [-0.05, 0) is 55.0 Å². The van der Waals surface area contributed by atoms with Gasteiger partial charge in [0.15, 0.2) is 0 Å². The zero-order chi connectivity index (χ0) is 25.4. The quantitative estimate of drug-likeness (QED) is 0.221. The van der Waals surface area contributed by atoms with E-state index in [-0.39, 0.29) is 38.9 Å². The number of hydrogen-bond donors (Lipinski definition) is 2. The maximum absolute atomic E-state index is 13.6. The predicted molar refractivity (Wildman–Crippen MR) is 113 cm³/mol. The summed E-state index contributed by atoms with van der Waals surface area (Å²) in [5, 5.41) is 9.41. The minimum Gasteiger partial charge on any atom is -0.493 e. The smallest absolute Gasteiger partial charge is 0.419 e. The molecule has 2 aromatic rings. The van der Waals surface area contributed by atoms with E-state index in [9.17, 15) is 36.0 Å². The fourth-order valence-electron chi connectivity index (χ4n) is 3.19. The zero-order valence-corrected chi connectivity index (χ0v) is 18.8. The first kappa shape index (κ1) is 28.0. The number of aliphatic hydroxyl groups is 1. The second-order valence-corrected chi connectivity index (χ2v) is 8.25. The predicted octanol–water partition coefficient (Wildman–Crippen LogP) is 5.58. The molecule has 1 atom stereocenters. The monoisotopic (exact) mass is 511 g/mol. The second kappa shape index (κ2) is 12.0. The number of nitrogens with two attached hydrogens (primary N) is 1. The highest BCUT2D eigenvalue weighted by Gasteiger charge is 2.35. The molecule has 12 heteroatoms. The molecule has 0 saturated carbocycles. The molecule has 2 aromatic carbocycles. The normalized spacial score (nSPS) is 14.2. The molecule has 34 heavy (non-hydrogen) atoms. The molecule has 0 amide bonds. The number of hydrogen-bond acceptors (Lipinski definition) is 5.